The van der Waals surface area contributed by atoms with Crippen LogP contribution in [0.4, 0.5) is 11.5 Å². The van der Waals surface area contributed by atoms with Crippen LogP contribution in [0.25, 0.3) is 0 Å². The molecule has 1 aromatic heterocycles. The van der Waals surface area contributed by atoms with Crippen molar-refractivity contribution in [3.63, 3.8) is 0 Å². The van der Waals surface area contributed by atoms with Gasteiger partial charge in [0.2, 0.25) is 0 Å². The van der Waals surface area contributed by atoms with Crippen molar-refractivity contribution in [3.05, 3.63) is 18.3 Å². The summed E-state index contributed by atoms with van der Waals surface area (Å²) in [7, 11) is 0. The van der Waals surface area contributed by atoms with Crippen LogP contribution >= 0.6 is 0 Å². The molecule has 1 aliphatic heterocycles. The Morgan fingerprint density at radius 2 is 2.16 bits per heavy atom. The van der Waals surface area contributed by atoms with E-state index in [1.54, 1.807) is 0 Å². The number of nitrogens with one attached hydrogen (secondary N) is 1. The first-order valence-corrected chi connectivity index (χ1v) is 10.8. The van der Waals surface area contributed by atoms with E-state index in [-0.39, 0.29) is 15.8 Å². The molecule has 0 spiro atoms. The number of anilines is 2. The molecule has 19 heavy (non-hydrogen) atoms. The summed E-state index contributed by atoms with van der Waals surface area (Å²) in [6, 6.07) is 5.06. The summed E-state index contributed by atoms with van der Waals surface area (Å²) in [6.45, 7) is 2.50. The second-order valence-electron chi connectivity index (χ2n) is 5.75. The van der Waals surface area contributed by atoms with Gasteiger partial charge in [-0.1, -0.05) is 0 Å². The predicted molar refractivity (Wildman–Crippen MR) is 83.7 cm³/mol. The molecular formula is C15H24AsN3. The Hall–Kier alpha value is -0.692. The van der Waals surface area contributed by atoms with Crippen molar-refractivity contribution in [2.75, 3.05) is 23.3 Å². The molecule has 0 bridgehead atoms. The fourth-order valence-corrected chi connectivity index (χ4v) is 4.93. The van der Waals surface area contributed by atoms with Crippen molar-refractivity contribution in [3.8, 4) is 0 Å². The molecule has 1 saturated carbocycles. The Bertz CT molecular complexity index is 418. The van der Waals surface area contributed by atoms with E-state index in [1.165, 1.54) is 50.9 Å². The molecule has 2 fully saturated rings. The summed E-state index contributed by atoms with van der Waals surface area (Å²) in [5.74, 6) is 1.07. The van der Waals surface area contributed by atoms with E-state index >= 15 is 0 Å². The Morgan fingerprint density at radius 3 is 2.89 bits per heavy atom. The molecular weight excluding hydrogens is 297 g/mol. The van der Waals surface area contributed by atoms with E-state index in [1.807, 2.05) is 6.20 Å². The molecule has 0 radical (unpaired) electrons. The Balaban J connectivity index is 1.65. The van der Waals surface area contributed by atoms with Gasteiger partial charge in [0.25, 0.3) is 0 Å². The summed E-state index contributed by atoms with van der Waals surface area (Å²) < 4.78 is 0.999. The van der Waals surface area contributed by atoms with Crippen LogP contribution in [0, 0.1) is 0 Å². The maximum atomic E-state index is 4.48. The van der Waals surface area contributed by atoms with Crippen molar-refractivity contribution in [2.45, 2.75) is 48.6 Å². The van der Waals surface area contributed by atoms with Crippen LogP contribution < -0.4 is 10.2 Å². The molecule has 3 nitrogen and oxygen atoms in total. The summed E-state index contributed by atoms with van der Waals surface area (Å²) in [5.41, 5.74) is 3.78. The average Bonchev–Trinajstić information content (AvgIpc) is 3.09. The van der Waals surface area contributed by atoms with Gasteiger partial charge in [-0.05, 0) is 0 Å². The van der Waals surface area contributed by atoms with Gasteiger partial charge in [-0.2, -0.15) is 0 Å². The van der Waals surface area contributed by atoms with Crippen molar-refractivity contribution in [2.24, 2.45) is 0 Å². The molecule has 1 aromatic rings. The third-order valence-electron chi connectivity index (χ3n) is 4.41. The Labute approximate surface area is 122 Å². The quantitative estimate of drug-likeness (QED) is 0.864. The Kier molecular flexibility index (Phi) is 4.32. The van der Waals surface area contributed by atoms with Crippen molar-refractivity contribution >= 4 is 27.3 Å². The van der Waals surface area contributed by atoms with Gasteiger partial charge < -0.3 is 0 Å². The average molecular weight is 321 g/mol. The molecule has 2 aliphatic rings. The number of aromatic nitrogens is 1. The molecule has 1 unspecified atom stereocenters. The van der Waals surface area contributed by atoms with E-state index in [9.17, 15) is 0 Å². The predicted octanol–water partition coefficient (Wildman–Crippen LogP) is 2.92. The molecule has 1 saturated heterocycles. The third-order valence-corrected chi connectivity index (χ3v) is 7.11. The van der Waals surface area contributed by atoms with Gasteiger partial charge in [0.15, 0.2) is 0 Å². The van der Waals surface area contributed by atoms with E-state index < -0.39 is 0 Å². The summed E-state index contributed by atoms with van der Waals surface area (Å²) in [5, 5.41) is 3.60. The summed E-state index contributed by atoms with van der Waals surface area (Å²) >= 11 is 0.269. The summed E-state index contributed by atoms with van der Waals surface area (Å²) in [4.78, 5) is 7.02. The van der Waals surface area contributed by atoms with Gasteiger partial charge in [0, 0.05) is 0 Å². The van der Waals surface area contributed by atoms with Crippen LogP contribution in [0.2, 0.25) is 10.4 Å². The molecule has 1 aliphatic carbocycles. The van der Waals surface area contributed by atoms with E-state index in [0.29, 0.717) is 6.04 Å². The van der Waals surface area contributed by atoms with Crippen LogP contribution in [0.3, 0.4) is 0 Å². The zero-order chi connectivity index (χ0) is 13.1. The van der Waals surface area contributed by atoms with Crippen LogP contribution in [0.15, 0.2) is 18.3 Å². The Morgan fingerprint density at radius 1 is 1.32 bits per heavy atom. The van der Waals surface area contributed by atoms with Crippen LogP contribution in [-0.4, -0.2) is 39.9 Å². The van der Waals surface area contributed by atoms with Crippen molar-refractivity contribution in [1.29, 1.82) is 0 Å². The fourth-order valence-electron chi connectivity index (χ4n) is 3.20. The molecule has 4 heteroatoms. The molecule has 0 amide bonds. The van der Waals surface area contributed by atoms with Gasteiger partial charge in [-0.25, -0.2) is 0 Å². The van der Waals surface area contributed by atoms with Gasteiger partial charge >= 0.3 is 122 Å². The summed E-state index contributed by atoms with van der Waals surface area (Å²) in [6.07, 6.45) is 8.70. The number of pyridine rings is 1. The van der Waals surface area contributed by atoms with Crippen molar-refractivity contribution in [1.82, 2.24) is 4.98 Å². The van der Waals surface area contributed by atoms with Gasteiger partial charge in [-0.3, -0.25) is 0 Å². The first-order chi connectivity index (χ1) is 9.35. The van der Waals surface area contributed by atoms with Crippen LogP contribution in [0.1, 0.15) is 32.1 Å². The molecule has 1 N–H and O–H groups in total. The van der Waals surface area contributed by atoms with E-state index in [0.717, 1.165) is 10.5 Å². The number of hydrogen-bond acceptors (Lipinski definition) is 3. The number of rotatable bonds is 4. The first-order valence-electron chi connectivity index (χ1n) is 7.50. The topological polar surface area (TPSA) is 28.2 Å². The monoisotopic (exact) mass is 321 g/mol. The fraction of sp³-hybridized carbons (Fsp3) is 0.667. The maximum absolute atomic E-state index is 4.48. The minimum absolute atomic E-state index is 0.269. The van der Waals surface area contributed by atoms with Crippen molar-refractivity contribution < 1.29 is 0 Å². The second-order valence-corrected chi connectivity index (χ2v) is 8.67. The van der Waals surface area contributed by atoms with Crippen LogP contribution in [0.5, 0.6) is 0 Å². The molecule has 0 aromatic carbocycles. The molecule has 3 rings (SSSR count). The van der Waals surface area contributed by atoms with Gasteiger partial charge in [0.1, 0.15) is 0 Å². The van der Waals surface area contributed by atoms with E-state index in [4.69, 9.17) is 0 Å². The standard InChI is InChI=1S/C15H24AsN3/c1-16-12-7-9-19(11-12)14-6-8-17-15(10-14)18-13-4-2-3-5-13/h6,8,10,12-13,16H,2-5,7,9,11H2,1H3,(H,17,18)/t12-/m0/s1. The molecule has 2 atom stereocenters. The first kappa shape index (κ1) is 13.3. The second kappa shape index (κ2) is 6.17. The molecule has 2 heterocycles. The van der Waals surface area contributed by atoms with Gasteiger partial charge in [-0.15, -0.1) is 0 Å². The third kappa shape index (κ3) is 3.25. The number of nitrogens with zero attached hydrogens (tertiary/aromatic N) is 2. The normalized spacial score (nSPS) is 24.7. The zero-order valence-corrected chi connectivity index (χ0v) is 13.8. The van der Waals surface area contributed by atoms with E-state index in [2.05, 4.69) is 33.0 Å². The molecule has 104 valence electrons. The SMILES string of the molecule is C[AsH][C@H]1CCN(c2ccnc(NC3CCCC3)c2)C1. The van der Waals surface area contributed by atoms with Gasteiger partial charge in [0.05, 0.1) is 0 Å². The van der Waals surface area contributed by atoms with Crippen LogP contribution in [-0.2, 0) is 0 Å². The minimum atomic E-state index is 0.269. The zero-order valence-electron chi connectivity index (χ0n) is 11.7. The number of hydrogen-bond donors (Lipinski definition) is 1.